The summed E-state index contributed by atoms with van der Waals surface area (Å²) in [4.78, 5) is 0.0966. The first kappa shape index (κ1) is 16.4. The van der Waals surface area contributed by atoms with Crippen LogP contribution in [-0.2, 0) is 16.6 Å². The molecule has 0 heterocycles. The van der Waals surface area contributed by atoms with Crippen molar-refractivity contribution in [1.82, 2.24) is 4.72 Å². The zero-order valence-electron chi connectivity index (χ0n) is 11.0. The van der Waals surface area contributed by atoms with Crippen LogP contribution < -0.4 is 4.72 Å². The van der Waals surface area contributed by atoms with Crippen molar-refractivity contribution in [3.05, 3.63) is 62.8 Å². The second kappa shape index (κ2) is 6.44. The molecule has 0 fully saturated rings. The van der Waals surface area contributed by atoms with E-state index < -0.39 is 15.8 Å². The van der Waals surface area contributed by atoms with Crippen LogP contribution in [0.1, 0.15) is 11.1 Å². The fourth-order valence-electron chi connectivity index (χ4n) is 1.65. The molecular weight excluding hydrogens is 381 g/mol. The lowest BCUT2D eigenvalue weighted by molar-refractivity contribution is 0.581. The molecule has 0 aliphatic heterocycles. The zero-order chi connectivity index (χ0) is 15.6. The van der Waals surface area contributed by atoms with Gasteiger partial charge in [-0.2, -0.15) is 0 Å². The monoisotopic (exact) mass is 391 g/mol. The van der Waals surface area contributed by atoms with Crippen LogP contribution in [0.15, 0.2) is 45.8 Å². The first-order valence-corrected chi connectivity index (χ1v) is 8.65. The van der Waals surface area contributed by atoms with Gasteiger partial charge in [0.1, 0.15) is 5.82 Å². The molecule has 1 N–H and O–H groups in total. The summed E-state index contributed by atoms with van der Waals surface area (Å²) in [5.41, 5.74) is 1.45. The lowest BCUT2D eigenvalue weighted by atomic mass is 10.2. The van der Waals surface area contributed by atoms with Crippen molar-refractivity contribution in [2.24, 2.45) is 0 Å². The van der Waals surface area contributed by atoms with Crippen LogP contribution in [0.3, 0.4) is 0 Å². The van der Waals surface area contributed by atoms with Gasteiger partial charge in [0.25, 0.3) is 0 Å². The normalized spacial score (nSPS) is 11.6. The van der Waals surface area contributed by atoms with Crippen molar-refractivity contribution >= 4 is 37.6 Å². The molecular formula is C14H12BrClFNO2S. The maximum atomic E-state index is 13.1. The number of aryl methyl sites for hydroxylation is 1. The largest absolute Gasteiger partial charge is 0.240 e. The Labute approximate surface area is 136 Å². The average molecular weight is 393 g/mol. The molecule has 0 aliphatic rings. The van der Waals surface area contributed by atoms with Crippen LogP contribution in [0.5, 0.6) is 0 Å². The van der Waals surface area contributed by atoms with Crippen LogP contribution in [0.25, 0.3) is 0 Å². The molecule has 0 unspecified atom stereocenters. The minimum absolute atomic E-state index is 0.0622. The Morgan fingerprint density at radius 2 is 1.95 bits per heavy atom. The van der Waals surface area contributed by atoms with E-state index in [-0.39, 0.29) is 15.9 Å². The van der Waals surface area contributed by atoms with E-state index in [4.69, 9.17) is 11.6 Å². The Kier molecular flexibility index (Phi) is 5.03. The third-order valence-corrected chi connectivity index (χ3v) is 5.32. The van der Waals surface area contributed by atoms with Crippen molar-refractivity contribution in [2.75, 3.05) is 0 Å². The zero-order valence-corrected chi connectivity index (χ0v) is 14.2. The van der Waals surface area contributed by atoms with Crippen molar-refractivity contribution < 1.29 is 12.8 Å². The summed E-state index contributed by atoms with van der Waals surface area (Å²) in [5.74, 6) is -0.396. The number of benzene rings is 2. The van der Waals surface area contributed by atoms with Crippen molar-refractivity contribution in [3.63, 3.8) is 0 Å². The van der Waals surface area contributed by atoms with E-state index in [1.165, 1.54) is 30.3 Å². The Bertz CT molecular complexity index is 781. The molecule has 2 rings (SSSR count). The SMILES string of the molecule is Cc1ccc(S(=O)(=O)NCc2ccc(F)c(Br)c2)cc1Cl. The maximum Gasteiger partial charge on any atom is 0.240 e. The highest BCUT2D eigenvalue weighted by atomic mass is 79.9. The quantitative estimate of drug-likeness (QED) is 0.854. The van der Waals surface area contributed by atoms with Gasteiger partial charge in [-0.05, 0) is 58.2 Å². The molecule has 0 radical (unpaired) electrons. The lowest BCUT2D eigenvalue weighted by Gasteiger charge is -2.08. The van der Waals surface area contributed by atoms with E-state index in [2.05, 4.69) is 20.7 Å². The Balaban J connectivity index is 2.17. The Hall–Kier alpha value is -0.950. The molecule has 0 saturated carbocycles. The molecule has 7 heteroatoms. The molecule has 112 valence electrons. The topological polar surface area (TPSA) is 46.2 Å². The highest BCUT2D eigenvalue weighted by Crippen LogP contribution is 2.21. The standard InChI is InChI=1S/C14H12BrClFNO2S/c1-9-2-4-11(7-13(9)16)21(19,20)18-8-10-3-5-14(17)12(15)6-10/h2-7,18H,8H2,1H3. The molecule has 21 heavy (non-hydrogen) atoms. The van der Waals surface area contributed by atoms with Crippen molar-refractivity contribution in [1.29, 1.82) is 0 Å². The van der Waals surface area contributed by atoms with Gasteiger partial charge in [0.2, 0.25) is 10.0 Å². The van der Waals surface area contributed by atoms with Crippen molar-refractivity contribution in [2.45, 2.75) is 18.4 Å². The second-order valence-corrected chi connectivity index (χ2v) is 7.51. The summed E-state index contributed by atoms with van der Waals surface area (Å²) in [5, 5.41) is 0.391. The first-order chi connectivity index (χ1) is 9.79. The van der Waals surface area contributed by atoms with Gasteiger partial charge < -0.3 is 0 Å². The van der Waals surface area contributed by atoms with E-state index in [0.29, 0.717) is 10.6 Å². The third kappa shape index (κ3) is 4.03. The minimum Gasteiger partial charge on any atom is -0.207 e. The van der Waals surface area contributed by atoms with Crippen LogP contribution in [-0.4, -0.2) is 8.42 Å². The predicted molar refractivity (Wildman–Crippen MR) is 84.3 cm³/mol. The molecule has 2 aromatic carbocycles. The molecule has 0 saturated heterocycles. The van der Waals surface area contributed by atoms with Crippen LogP contribution in [0, 0.1) is 12.7 Å². The summed E-state index contributed by atoms with van der Waals surface area (Å²) in [6, 6.07) is 8.86. The van der Waals surface area contributed by atoms with Crippen LogP contribution in [0.4, 0.5) is 4.39 Å². The number of hydrogen-bond acceptors (Lipinski definition) is 2. The average Bonchev–Trinajstić information content (AvgIpc) is 2.43. The van der Waals surface area contributed by atoms with E-state index in [1.807, 2.05) is 0 Å². The van der Waals surface area contributed by atoms with E-state index in [9.17, 15) is 12.8 Å². The van der Waals surface area contributed by atoms with Gasteiger partial charge in [0.05, 0.1) is 9.37 Å². The first-order valence-electron chi connectivity index (χ1n) is 5.99. The smallest absolute Gasteiger partial charge is 0.207 e. The molecule has 0 amide bonds. The van der Waals surface area contributed by atoms with Gasteiger partial charge in [-0.25, -0.2) is 17.5 Å². The molecule has 0 atom stereocenters. The minimum atomic E-state index is -3.66. The number of sulfonamides is 1. The van der Waals surface area contributed by atoms with Gasteiger partial charge in [0, 0.05) is 11.6 Å². The van der Waals surface area contributed by atoms with Crippen molar-refractivity contribution in [3.8, 4) is 0 Å². The van der Waals surface area contributed by atoms with Gasteiger partial charge in [-0.15, -0.1) is 0 Å². The van der Waals surface area contributed by atoms with E-state index in [0.717, 1.165) is 5.56 Å². The summed E-state index contributed by atoms with van der Waals surface area (Å²) in [6.45, 7) is 1.86. The number of halogens is 3. The van der Waals surface area contributed by atoms with E-state index >= 15 is 0 Å². The molecule has 0 spiro atoms. The number of nitrogens with one attached hydrogen (secondary N) is 1. The van der Waals surface area contributed by atoms with E-state index in [1.54, 1.807) is 13.0 Å². The Morgan fingerprint density at radius 1 is 1.24 bits per heavy atom. The predicted octanol–water partition coefficient (Wildman–Crippen LogP) is 4.03. The number of rotatable bonds is 4. The van der Waals surface area contributed by atoms with Gasteiger partial charge in [-0.3, -0.25) is 0 Å². The lowest BCUT2D eigenvalue weighted by Crippen LogP contribution is -2.23. The molecule has 0 bridgehead atoms. The summed E-state index contributed by atoms with van der Waals surface area (Å²) in [7, 11) is -3.66. The maximum absolute atomic E-state index is 13.1. The van der Waals surface area contributed by atoms with Crippen LogP contribution in [0.2, 0.25) is 5.02 Å². The van der Waals surface area contributed by atoms with Gasteiger partial charge in [0.15, 0.2) is 0 Å². The molecule has 3 nitrogen and oxygen atoms in total. The fraction of sp³-hybridized carbons (Fsp3) is 0.143. The van der Waals surface area contributed by atoms with Gasteiger partial charge >= 0.3 is 0 Å². The summed E-state index contributed by atoms with van der Waals surface area (Å²) < 4.78 is 40.2. The molecule has 2 aromatic rings. The summed E-state index contributed by atoms with van der Waals surface area (Å²) >= 11 is 8.99. The highest BCUT2D eigenvalue weighted by Gasteiger charge is 2.15. The summed E-state index contributed by atoms with van der Waals surface area (Å²) in [6.07, 6.45) is 0. The van der Waals surface area contributed by atoms with Crippen LogP contribution >= 0.6 is 27.5 Å². The third-order valence-electron chi connectivity index (χ3n) is 2.90. The highest BCUT2D eigenvalue weighted by molar-refractivity contribution is 9.10. The number of hydrogen-bond donors (Lipinski definition) is 1. The van der Waals surface area contributed by atoms with Gasteiger partial charge in [-0.1, -0.05) is 23.7 Å². The molecule has 0 aromatic heterocycles. The second-order valence-electron chi connectivity index (χ2n) is 4.48. The fourth-order valence-corrected chi connectivity index (χ4v) is 3.37. The molecule has 0 aliphatic carbocycles. The Morgan fingerprint density at radius 3 is 2.57 bits per heavy atom.